The molecule has 0 saturated carbocycles. The molecule has 0 atom stereocenters. The molecule has 0 spiro atoms. The maximum atomic E-state index is 12.9. The van der Waals surface area contributed by atoms with E-state index in [1.165, 1.54) is 0 Å². The highest BCUT2D eigenvalue weighted by molar-refractivity contribution is 7.16. The number of carboxylic acid groups (broad SMARTS) is 1. The average molecular weight is 416 g/mol. The lowest BCUT2D eigenvalue weighted by Crippen LogP contribution is -2.35. The number of rotatable bonds is 4. The molecule has 29 heavy (non-hydrogen) atoms. The topological polar surface area (TPSA) is 91.6 Å². The first kappa shape index (κ1) is 20.9. The van der Waals surface area contributed by atoms with Crippen molar-refractivity contribution in [3.05, 3.63) is 47.2 Å². The van der Waals surface area contributed by atoms with E-state index >= 15 is 0 Å². The maximum absolute atomic E-state index is 12.9. The zero-order valence-electron chi connectivity index (χ0n) is 16.4. The summed E-state index contributed by atoms with van der Waals surface area (Å²) < 4.78 is 3.08. The van der Waals surface area contributed by atoms with Gasteiger partial charge in [0.15, 0.2) is 0 Å². The zero-order valence-corrected chi connectivity index (χ0v) is 17.2. The molecule has 1 fully saturated rings. The van der Waals surface area contributed by atoms with Crippen molar-refractivity contribution in [1.29, 1.82) is 0 Å². The molecule has 8 nitrogen and oxygen atoms in total. The summed E-state index contributed by atoms with van der Waals surface area (Å²) in [6.45, 7) is 7.01. The van der Waals surface area contributed by atoms with Gasteiger partial charge in [0.1, 0.15) is 0 Å². The molecule has 3 heterocycles. The number of amides is 1. The highest BCUT2D eigenvalue weighted by atomic mass is 32.1. The Balaban J connectivity index is 0.000000755. The lowest BCUT2D eigenvalue weighted by atomic mass is 10.2. The quantitative estimate of drug-likeness (QED) is 0.659. The Morgan fingerprint density at radius 1 is 1.24 bits per heavy atom. The third kappa shape index (κ3) is 5.39. The second-order valence-corrected chi connectivity index (χ2v) is 7.61. The van der Waals surface area contributed by atoms with Gasteiger partial charge in [-0.1, -0.05) is 0 Å². The van der Waals surface area contributed by atoms with E-state index < -0.39 is 0 Å². The van der Waals surface area contributed by atoms with Gasteiger partial charge in [-0.3, -0.25) is 19.2 Å². The number of aryl methyl sites for hydroxylation is 1. The largest absolute Gasteiger partial charge is 0.483 e. The van der Waals surface area contributed by atoms with Crippen molar-refractivity contribution in [2.24, 2.45) is 0 Å². The lowest BCUT2D eigenvalue weighted by Gasteiger charge is -2.21. The third-order valence-electron chi connectivity index (χ3n) is 4.86. The molecule has 1 aromatic carbocycles. The summed E-state index contributed by atoms with van der Waals surface area (Å²) in [5.41, 5.74) is 4.56. The maximum Gasteiger partial charge on any atom is 0.290 e. The van der Waals surface area contributed by atoms with E-state index in [0.29, 0.717) is 0 Å². The van der Waals surface area contributed by atoms with Crippen LogP contribution in [-0.4, -0.2) is 68.2 Å². The predicted molar refractivity (Wildman–Crippen MR) is 112 cm³/mol. The Hall–Kier alpha value is -2.78. The van der Waals surface area contributed by atoms with E-state index in [9.17, 15) is 4.79 Å². The van der Waals surface area contributed by atoms with E-state index in [0.717, 1.165) is 67.2 Å². The summed E-state index contributed by atoms with van der Waals surface area (Å²) in [5, 5.41) is 11.5. The van der Waals surface area contributed by atoms with Crippen molar-refractivity contribution < 1.29 is 14.7 Å². The zero-order chi connectivity index (χ0) is 20.6. The Morgan fingerprint density at radius 2 is 2.07 bits per heavy atom. The van der Waals surface area contributed by atoms with Crippen molar-refractivity contribution in [2.75, 3.05) is 26.2 Å². The molecule has 1 saturated heterocycles. The van der Waals surface area contributed by atoms with Crippen molar-refractivity contribution in [2.45, 2.75) is 26.4 Å². The van der Waals surface area contributed by atoms with Crippen LogP contribution < -0.4 is 0 Å². The van der Waals surface area contributed by atoms with Gasteiger partial charge in [0, 0.05) is 51.0 Å². The molecule has 0 radical (unpaired) electrons. The second kappa shape index (κ2) is 10.1. The summed E-state index contributed by atoms with van der Waals surface area (Å²) in [7, 11) is 0. The first-order valence-corrected chi connectivity index (χ1v) is 10.5. The number of carbonyl (C=O) groups is 2. The minimum atomic E-state index is -0.250. The summed E-state index contributed by atoms with van der Waals surface area (Å²) >= 11 is 1.60. The SMILES string of the molecule is CCn1ccc(CN2CCCN(C(=O)c3ccc4scnc4c3)CC2)n1.O=CO. The molecule has 1 N–H and O–H groups in total. The predicted octanol–water partition coefficient (Wildman–Crippen LogP) is 2.56. The van der Waals surface area contributed by atoms with E-state index in [2.05, 4.69) is 28.0 Å². The fourth-order valence-corrected chi connectivity index (χ4v) is 4.06. The van der Waals surface area contributed by atoms with Gasteiger partial charge in [-0.05, 0) is 37.6 Å². The van der Waals surface area contributed by atoms with Gasteiger partial charge in [-0.25, -0.2) is 4.98 Å². The molecule has 0 aliphatic carbocycles. The number of hydrogen-bond donors (Lipinski definition) is 1. The molecule has 154 valence electrons. The molecule has 9 heteroatoms. The van der Waals surface area contributed by atoms with Gasteiger partial charge < -0.3 is 10.0 Å². The van der Waals surface area contributed by atoms with Gasteiger partial charge >= 0.3 is 0 Å². The molecule has 1 amide bonds. The van der Waals surface area contributed by atoms with E-state index in [4.69, 9.17) is 9.90 Å². The van der Waals surface area contributed by atoms with E-state index in [1.54, 1.807) is 11.3 Å². The summed E-state index contributed by atoms with van der Waals surface area (Å²) in [6.07, 6.45) is 3.01. The fraction of sp³-hybridized carbons (Fsp3) is 0.400. The van der Waals surface area contributed by atoms with Crippen molar-refractivity contribution in [1.82, 2.24) is 24.6 Å². The number of fused-ring (bicyclic) bond motifs is 1. The van der Waals surface area contributed by atoms with Gasteiger partial charge in [0.25, 0.3) is 12.4 Å². The first-order valence-electron chi connectivity index (χ1n) is 9.59. The number of thiazole rings is 1. The van der Waals surface area contributed by atoms with Crippen LogP contribution in [-0.2, 0) is 17.9 Å². The second-order valence-electron chi connectivity index (χ2n) is 6.72. The molecular weight excluding hydrogens is 390 g/mol. The number of carbonyl (C=O) groups excluding carboxylic acids is 1. The fourth-order valence-electron chi connectivity index (χ4n) is 3.40. The van der Waals surface area contributed by atoms with Crippen molar-refractivity contribution in [3.8, 4) is 0 Å². The average Bonchev–Trinajstić information content (AvgIpc) is 3.32. The molecule has 0 unspecified atom stereocenters. The van der Waals surface area contributed by atoms with E-state index in [-0.39, 0.29) is 12.4 Å². The molecule has 1 aliphatic heterocycles. The monoisotopic (exact) mass is 415 g/mol. The van der Waals surface area contributed by atoms with Crippen LogP contribution in [0, 0.1) is 0 Å². The normalized spacial score (nSPS) is 14.9. The van der Waals surface area contributed by atoms with Crippen molar-refractivity contribution >= 4 is 33.9 Å². The first-order chi connectivity index (χ1) is 14.1. The number of nitrogens with zero attached hydrogens (tertiary/aromatic N) is 5. The van der Waals surface area contributed by atoms with Crippen LogP contribution in [0.3, 0.4) is 0 Å². The minimum Gasteiger partial charge on any atom is -0.483 e. The molecule has 2 aromatic heterocycles. The Morgan fingerprint density at radius 3 is 2.83 bits per heavy atom. The highest BCUT2D eigenvalue weighted by Gasteiger charge is 2.21. The van der Waals surface area contributed by atoms with Gasteiger partial charge in [-0.15, -0.1) is 11.3 Å². The highest BCUT2D eigenvalue weighted by Crippen LogP contribution is 2.20. The summed E-state index contributed by atoms with van der Waals surface area (Å²) in [5.74, 6) is 0.108. The molecule has 1 aliphatic rings. The van der Waals surface area contributed by atoms with Crippen LogP contribution in [0.25, 0.3) is 10.2 Å². The Labute approximate surface area is 173 Å². The lowest BCUT2D eigenvalue weighted by molar-refractivity contribution is -0.122. The van der Waals surface area contributed by atoms with Gasteiger partial charge in [-0.2, -0.15) is 5.10 Å². The molecular formula is C20H25N5O3S. The molecule has 0 bridgehead atoms. The molecule has 3 aromatic rings. The van der Waals surface area contributed by atoms with Crippen LogP contribution in [0.2, 0.25) is 0 Å². The Bertz CT molecular complexity index is 954. The van der Waals surface area contributed by atoms with Crippen LogP contribution in [0.15, 0.2) is 36.0 Å². The molecule has 4 rings (SSSR count). The van der Waals surface area contributed by atoms with Gasteiger partial charge in [0.05, 0.1) is 21.4 Å². The van der Waals surface area contributed by atoms with E-state index in [1.807, 2.05) is 39.5 Å². The summed E-state index contributed by atoms with van der Waals surface area (Å²) in [6, 6.07) is 7.91. The minimum absolute atomic E-state index is 0.108. The van der Waals surface area contributed by atoms with Gasteiger partial charge in [0.2, 0.25) is 0 Å². The van der Waals surface area contributed by atoms with Crippen LogP contribution in [0.5, 0.6) is 0 Å². The Kier molecular flexibility index (Phi) is 7.31. The van der Waals surface area contributed by atoms with Crippen LogP contribution in [0.4, 0.5) is 0 Å². The number of benzene rings is 1. The summed E-state index contributed by atoms with van der Waals surface area (Å²) in [4.78, 5) is 29.9. The van der Waals surface area contributed by atoms with Crippen LogP contribution in [0.1, 0.15) is 29.4 Å². The number of aromatic nitrogens is 3. The smallest absolute Gasteiger partial charge is 0.290 e. The third-order valence-corrected chi connectivity index (χ3v) is 5.67. The van der Waals surface area contributed by atoms with Crippen LogP contribution >= 0.6 is 11.3 Å². The standard InChI is InChI=1S/C19H23N5OS.CH2O2/c1-2-24-9-6-16(21-24)13-22-7-3-8-23(11-10-22)19(25)15-4-5-18-17(12-15)20-14-26-18;2-1-3/h4-6,9,12,14H,2-3,7-8,10-11,13H2,1H3;1H,(H,2,3). The van der Waals surface area contributed by atoms with Crippen molar-refractivity contribution in [3.63, 3.8) is 0 Å². The number of hydrogen-bond acceptors (Lipinski definition) is 6.